The van der Waals surface area contributed by atoms with Crippen molar-refractivity contribution in [3.8, 4) is 0 Å². The molecule has 6 nitrogen and oxygen atoms in total. The molecule has 0 aliphatic carbocycles. The number of fused-ring (bicyclic) bond motifs is 1. The van der Waals surface area contributed by atoms with Crippen LogP contribution < -0.4 is 10.3 Å². The van der Waals surface area contributed by atoms with Crippen molar-refractivity contribution in [1.29, 1.82) is 0 Å². The van der Waals surface area contributed by atoms with Crippen LogP contribution in [0.5, 0.6) is 0 Å². The zero-order chi connectivity index (χ0) is 25.4. The van der Waals surface area contributed by atoms with Crippen LogP contribution in [0.1, 0.15) is 11.1 Å². The lowest BCUT2D eigenvalue weighted by Crippen LogP contribution is -2.36. The van der Waals surface area contributed by atoms with Crippen molar-refractivity contribution in [2.75, 3.05) is 31.2 Å². The van der Waals surface area contributed by atoms with Crippen LogP contribution in [-0.2, 0) is 21.1 Å². The largest absolute Gasteiger partial charge is 0.378 e. The summed E-state index contributed by atoms with van der Waals surface area (Å²) in [6.45, 7) is 4.27. The molecule has 1 aliphatic rings. The number of sulfone groups is 1. The number of halogens is 2. The number of nitrogens with zero attached hydrogens (tertiary/aromatic N) is 2. The highest BCUT2D eigenvalue weighted by molar-refractivity contribution is 7.91. The van der Waals surface area contributed by atoms with Crippen molar-refractivity contribution < 1.29 is 17.5 Å². The molecule has 0 bridgehead atoms. The maximum Gasteiger partial charge on any atom is 0.211 e. The van der Waals surface area contributed by atoms with Gasteiger partial charge < -0.3 is 14.2 Å². The van der Waals surface area contributed by atoms with E-state index < -0.39 is 26.0 Å². The van der Waals surface area contributed by atoms with Crippen molar-refractivity contribution in [3.05, 3.63) is 99.1 Å². The fraction of sp³-hybridized carbons (Fsp3) is 0.222. The molecule has 1 fully saturated rings. The minimum absolute atomic E-state index is 0.000255. The van der Waals surface area contributed by atoms with Crippen LogP contribution >= 0.6 is 11.6 Å². The van der Waals surface area contributed by atoms with Crippen molar-refractivity contribution in [1.82, 2.24) is 4.57 Å². The zero-order valence-electron chi connectivity index (χ0n) is 19.6. The Hall–Kier alpha value is -3.20. The Labute approximate surface area is 213 Å². The molecule has 36 heavy (non-hydrogen) atoms. The number of aryl methyl sites for hydroxylation is 1. The Morgan fingerprint density at radius 2 is 1.75 bits per heavy atom. The Balaban J connectivity index is 1.74. The minimum atomic E-state index is -4.22. The number of benzene rings is 3. The third-order valence-corrected chi connectivity index (χ3v) is 8.32. The second-order valence-corrected chi connectivity index (χ2v) is 11.2. The van der Waals surface area contributed by atoms with Crippen LogP contribution in [0.25, 0.3) is 10.9 Å². The molecule has 1 aromatic heterocycles. The highest BCUT2D eigenvalue weighted by Crippen LogP contribution is 2.29. The average molecular weight is 527 g/mol. The van der Waals surface area contributed by atoms with Crippen molar-refractivity contribution in [3.63, 3.8) is 0 Å². The van der Waals surface area contributed by atoms with Gasteiger partial charge in [0.15, 0.2) is 0 Å². The van der Waals surface area contributed by atoms with E-state index in [0.717, 1.165) is 17.2 Å². The summed E-state index contributed by atoms with van der Waals surface area (Å²) in [6.07, 6.45) is 1.35. The Bertz CT molecular complexity index is 1610. The standard InChI is InChI=1S/C27H24ClFN2O4S/c1-18-5-7-19(8-6-18)16-31-17-26(36(33,34)21-4-2-3-20(28)13-21)27(32)22-14-23(29)25(15-24(22)31)30-9-11-35-12-10-30/h2-8,13-15,17H,9-12,16H2,1H3. The van der Waals surface area contributed by atoms with Crippen LogP contribution in [0, 0.1) is 12.7 Å². The third-order valence-electron chi connectivity index (χ3n) is 6.34. The molecule has 1 saturated heterocycles. The fourth-order valence-corrected chi connectivity index (χ4v) is 6.06. The van der Waals surface area contributed by atoms with E-state index >= 15 is 4.39 Å². The van der Waals surface area contributed by atoms with Crippen molar-refractivity contribution in [2.24, 2.45) is 0 Å². The molecule has 0 radical (unpaired) electrons. The number of hydrogen-bond acceptors (Lipinski definition) is 5. The molecular weight excluding hydrogens is 503 g/mol. The van der Waals surface area contributed by atoms with Crippen LogP contribution in [0.15, 0.2) is 81.4 Å². The summed E-state index contributed by atoms with van der Waals surface area (Å²) in [5.74, 6) is -0.583. The number of rotatable bonds is 5. The first kappa shape index (κ1) is 24.5. The summed E-state index contributed by atoms with van der Waals surface area (Å²) >= 11 is 6.03. The summed E-state index contributed by atoms with van der Waals surface area (Å²) < 4.78 is 49.4. The predicted molar refractivity (Wildman–Crippen MR) is 138 cm³/mol. The van der Waals surface area contributed by atoms with E-state index in [1.807, 2.05) is 36.1 Å². The zero-order valence-corrected chi connectivity index (χ0v) is 21.2. The summed E-state index contributed by atoms with van der Waals surface area (Å²) in [7, 11) is -4.22. The molecule has 0 N–H and O–H groups in total. The van der Waals surface area contributed by atoms with Gasteiger partial charge in [0, 0.05) is 30.9 Å². The first-order chi connectivity index (χ1) is 17.2. The van der Waals surface area contributed by atoms with Gasteiger partial charge in [0.1, 0.15) is 10.7 Å². The van der Waals surface area contributed by atoms with Crippen LogP contribution in [-0.4, -0.2) is 39.3 Å². The molecule has 1 aliphatic heterocycles. The second kappa shape index (κ2) is 9.69. The van der Waals surface area contributed by atoms with Gasteiger partial charge in [-0.3, -0.25) is 4.79 Å². The average Bonchev–Trinajstić information content (AvgIpc) is 2.87. The summed E-state index contributed by atoms with van der Waals surface area (Å²) in [5.41, 5.74) is 2.05. The molecule has 0 spiro atoms. The monoisotopic (exact) mass is 526 g/mol. The lowest BCUT2D eigenvalue weighted by Gasteiger charge is -2.29. The molecule has 0 unspecified atom stereocenters. The van der Waals surface area contributed by atoms with Crippen LogP contribution in [0.2, 0.25) is 5.02 Å². The molecule has 4 aromatic rings. The van der Waals surface area contributed by atoms with E-state index in [-0.39, 0.29) is 15.3 Å². The lowest BCUT2D eigenvalue weighted by molar-refractivity contribution is 0.122. The number of aromatic nitrogens is 1. The minimum Gasteiger partial charge on any atom is -0.378 e. The number of hydrogen-bond donors (Lipinski definition) is 0. The molecule has 9 heteroatoms. The van der Waals surface area contributed by atoms with E-state index in [0.29, 0.717) is 44.1 Å². The Kier molecular flexibility index (Phi) is 6.59. The quantitative estimate of drug-likeness (QED) is 0.373. The highest BCUT2D eigenvalue weighted by atomic mass is 35.5. The molecule has 0 atom stereocenters. The number of pyridine rings is 1. The number of anilines is 1. The number of ether oxygens (including phenoxy) is 1. The normalized spacial score (nSPS) is 14.4. The third kappa shape index (κ3) is 4.64. The van der Waals surface area contributed by atoms with Crippen molar-refractivity contribution in [2.45, 2.75) is 23.3 Å². The van der Waals surface area contributed by atoms with Gasteiger partial charge in [0.2, 0.25) is 15.3 Å². The molecule has 5 rings (SSSR count). The molecule has 2 heterocycles. The van der Waals surface area contributed by atoms with Gasteiger partial charge in [-0.2, -0.15) is 0 Å². The van der Waals surface area contributed by atoms with E-state index in [9.17, 15) is 13.2 Å². The Morgan fingerprint density at radius 3 is 2.44 bits per heavy atom. The maximum atomic E-state index is 15.3. The maximum absolute atomic E-state index is 15.3. The number of morpholine rings is 1. The summed E-state index contributed by atoms with van der Waals surface area (Å²) in [6, 6.07) is 16.3. The van der Waals surface area contributed by atoms with Crippen molar-refractivity contribution >= 4 is 38.0 Å². The molecule has 0 saturated carbocycles. The van der Waals surface area contributed by atoms with Gasteiger partial charge in [-0.05, 0) is 42.8 Å². The van der Waals surface area contributed by atoms with E-state index in [1.54, 1.807) is 16.7 Å². The SMILES string of the molecule is Cc1ccc(Cn2cc(S(=O)(=O)c3cccc(Cl)c3)c(=O)c3cc(F)c(N4CCOCC4)cc32)cc1. The summed E-state index contributed by atoms with van der Waals surface area (Å²) in [4.78, 5) is 14.8. The van der Waals surface area contributed by atoms with Gasteiger partial charge >= 0.3 is 0 Å². The fourth-order valence-electron chi connectivity index (χ4n) is 4.39. The van der Waals surface area contributed by atoms with E-state index in [4.69, 9.17) is 16.3 Å². The smallest absolute Gasteiger partial charge is 0.211 e. The molecule has 3 aromatic carbocycles. The summed E-state index contributed by atoms with van der Waals surface area (Å²) in [5, 5.41) is 0.234. The first-order valence-electron chi connectivity index (χ1n) is 11.5. The van der Waals surface area contributed by atoms with Gasteiger partial charge in [0.05, 0.1) is 34.7 Å². The topological polar surface area (TPSA) is 68.6 Å². The first-order valence-corrected chi connectivity index (χ1v) is 13.4. The van der Waals surface area contributed by atoms with Gasteiger partial charge in [-0.1, -0.05) is 47.5 Å². The molecule has 186 valence electrons. The van der Waals surface area contributed by atoms with E-state index in [1.165, 1.54) is 24.4 Å². The molecular formula is C27H24ClFN2O4S. The van der Waals surface area contributed by atoms with E-state index in [2.05, 4.69) is 0 Å². The lowest BCUT2D eigenvalue weighted by atomic mass is 10.1. The van der Waals surface area contributed by atoms with Crippen LogP contribution in [0.4, 0.5) is 10.1 Å². The second-order valence-electron chi connectivity index (χ2n) is 8.82. The van der Waals surface area contributed by atoms with Gasteiger partial charge in [-0.25, -0.2) is 12.8 Å². The molecule has 0 amide bonds. The highest BCUT2D eigenvalue weighted by Gasteiger charge is 2.26. The Morgan fingerprint density at radius 1 is 1.03 bits per heavy atom. The van der Waals surface area contributed by atoms with Crippen LogP contribution in [0.3, 0.4) is 0 Å². The predicted octanol–water partition coefficient (Wildman–Crippen LogP) is 4.82. The van der Waals surface area contributed by atoms with Gasteiger partial charge in [-0.15, -0.1) is 0 Å². The van der Waals surface area contributed by atoms with Gasteiger partial charge in [0.25, 0.3) is 0 Å².